The fraction of sp³-hybridized carbons (Fsp3) is 0.0392. The van der Waals surface area contributed by atoms with Gasteiger partial charge in [0.25, 0.3) is 11.8 Å². The molecule has 0 bridgehead atoms. The Bertz CT molecular complexity index is 3190. The zero-order chi connectivity index (χ0) is 41.5. The molecule has 0 saturated carbocycles. The van der Waals surface area contributed by atoms with Crippen molar-refractivity contribution in [3.8, 4) is 22.6 Å². The van der Waals surface area contributed by atoms with Gasteiger partial charge in [0.15, 0.2) is 11.2 Å². The van der Waals surface area contributed by atoms with Crippen LogP contribution in [0.2, 0.25) is 0 Å². The van der Waals surface area contributed by atoms with Gasteiger partial charge in [0.05, 0.1) is 22.5 Å². The van der Waals surface area contributed by atoms with Gasteiger partial charge in [-0.25, -0.2) is 15.0 Å². The molecule has 0 radical (unpaired) electrons. The van der Waals surface area contributed by atoms with Gasteiger partial charge < -0.3 is 24.5 Å². The van der Waals surface area contributed by atoms with E-state index >= 15 is 0 Å². The van der Waals surface area contributed by atoms with Gasteiger partial charge in [-0.2, -0.15) is 0 Å². The molecule has 3 aromatic heterocycles. The average Bonchev–Trinajstić information content (AvgIpc) is 4.07. The number of H-pyrrole nitrogens is 1. The van der Waals surface area contributed by atoms with Crippen LogP contribution in [0.5, 0.6) is 0 Å². The number of anilines is 1. The summed E-state index contributed by atoms with van der Waals surface area (Å²) in [7, 11) is 0. The monoisotopic (exact) mass is 796 g/mol. The molecule has 1 aliphatic rings. The minimum Gasteiger partial charge on any atom is -0.436 e. The summed E-state index contributed by atoms with van der Waals surface area (Å²) in [6.07, 6.45) is 1.91. The zero-order valence-electron chi connectivity index (χ0n) is 33.1. The molecule has 10 nitrogen and oxygen atoms in total. The van der Waals surface area contributed by atoms with Crippen LogP contribution in [0, 0.1) is 13.8 Å². The Morgan fingerprint density at radius 1 is 0.541 bits per heavy atom. The fourth-order valence-electron chi connectivity index (χ4n) is 7.72. The summed E-state index contributed by atoms with van der Waals surface area (Å²) in [6.45, 7) is 3.79. The number of nitrogens with zero attached hydrogens (tertiary/aromatic N) is 3. The number of fused-ring (bicyclic) bond motifs is 2. The highest BCUT2D eigenvalue weighted by atomic mass is 16.4. The number of oxazole rings is 2. The molecule has 0 fully saturated rings. The number of aliphatic imine (C=N–C) groups is 1. The number of aryl methyl sites for hydroxylation is 2. The van der Waals surface area contributed by atoms with E-state index in [0.717, 1.165) is 22.3 Å². The average molecular weight is 797 g/mol. The quantitative estimate of drug-likeness (QED) is 0.140. The molecule has 3 N–H and O–H groups in total. The van der Waals surface area contributed by atoms with Gasteiger partial charge in [0.1, 0.15) is 22.7 Å². The lowest BCUT2D eigenvalue weighted by molar-refractivity contribution is 0.0975. The Balaban J connectivity index is 1.24. The Kier molecular flexibility index (Phi) is 9.34. The number of aromatic amines is 1. The number of aromatic nitrogens is 3. The third-order valence-corrected chi connectivity index (χ3v) is 10.7. The third-order valence-electron chi connectivity index (χ3n) is 10.7. The highest BCUT2D eigenvalue weighted by Crippen LogP contribution is 2.45. The summed E-state index contributed by atoms with van der Waals surface area (Å²) >= 11 is 0. The topological polar surface area (TPSA) is 138 Å². The van der Waals surface area contributed by atoms with E-state index in [4.69, 9.17) is 23.8 Å². The molecule has 0 atom stereocenters. The predicted octanol–water partition coefficient (Wildman–Crippen LogP) is 11.3. The maximum Gasteiger partial charge on any atom is 0.257 e. The van der Waals surface area contributed by atoms with Crippen molar-refractivity contribution in [3.05, 3.63) is 203 Å². The maximum absolute atomic E-state index is 14.1. The Labute approximate surface area is 350 Å². The van der Waals surface area contributed by atoms with Crippen LogP contribution in [0.4, 0.5) is 5.82 Å². The number of carbonyl (C=O) groups excluding carboxylic acids is 2. The summed E-state index contributed by atoms with van der Waals surface area (Å²) < 4.78 is 12.9. The molecule has 0 spiro atoms. The molecule has 0 saturated heterocycles. The molecule has 294 valence electrons. The highest BCUT2D eigenvalue weighted by Gasteiger charge is 2.33. The minimum atomic E-state index is -0.330. The smallest absolute Gasteiger partial charge is 0.257 e. The van der Waals surface area contributed by atoms with Gasteiger partial charge in [0.2, 0.25) is 11.8 Å². The van der Waals surface area contributed by atoms with Crippen molar-refractivity contribution < 1.29 is 18.4 Å². The number of hydrogen-bond acceptors (Lipinski definition) is 7. The molecule has 10 rings (SSSR count). The van der Waals surface area contributed by atoms with Crippen LogP contribution in [0.25, 0.3) is 62.0 Å². The van der Waals surface area contributed by atoms with Crippen molar-refractivity contribution in [1.82, 2.24) is 20.3 Å². The van der Waals surface area contributed by atoms with Crippen LogP contribution >= 0.6 is 0 Å². The summed E-state index contributed by atoms with van der Waals surface area (Å²) in [5.74, 6) is 0.616. The van der Waals surface area contributed by atoms with E-state index in [0.29, 0.717) is 84.6 Å². The number of amides is 2. The van der Waals surface area contributed by atoms with E-state index in [2.05, 4.69) is 15.6 Å². The van der Waals surface area contributed by atoms with Gasteiger partial charge in [-0.3, -0.25) is 9.59 Å². The minimum absolute atomic E-state index is 0.269. The van der Waals surface area contributed by atoms with Gasteiger partial charge in [-0.1, -0.05) is 121 Å². The third kappa shape index (κ3) is 6.91. The summed E-state index contributed by atoms with van der Waals surface area (Å²) in [5, 5.41) is 6.28. The summed E-state index contributed by atoms with van der Waals surface area (Å²) in [4.78, 5) is 46.8. The molecule has 0 unspecified atom stereocenters. The second-order valence-electron chi connectivity index (χ2n) is 14.6. The van der Waals surface area contributed by atoms with E-state index in [1.807, 2.05) is 166 Å². The standard InChI is InChI=1S/C51H36N6O4/c1-30-17-9-11-23-34(30)48(58)56-46-44(50-54-36-25-13-15-27-40(36)60-50)42(32-19-5-3-6-20-32)38(52-46)29-39-43(33-21-7-4-8-22-33)45(51-55-37-26-14-16-28-41(37)61-51)47(53-39)57-49(59)35-24-12-10-18-31(35)2/h3-29,52H,1-2H3,(H,56,58)(H,53,57,59). The molecule has 10 heteroatoms. The highest BCUT2D eigenvalue weighted by molar-refractivity contribution is 6.37. The van der Waals surface area contributed by atoms with Crippen molar-refractivity contribution in [2.75, 3.05) is 5.32 Å². The first-order chi connectivity index (χ1) is 29.9. The van der Waals surface area contributed by atoms with Crippen LogP contribution in [-0.4, -0.2) is 32.6 Å². The number of rotatable bonds is 8. The van der Waals surface area contributed by atoms with E-state index in [1.54, 1.807) is 12.1 Å². The Morgan fingerprint density at radius 2 is 1.05 bits per heavy atom. The van der Waals surface area contributed by atoms with Crippen molar-refractivity contribution in [3.63, 3.8) is 0 Å². The molecule has 6 aromatic carbocycles. The van der Waals surface area contributed by atoms with E-state index in [9.17, 15) is 9.59 Å². The Hall–Kier alpha value is -8.37. The van der Waals surface area contributed by atoms with Crippen LogP contribution in [0.3, 0.4) is 0 Å². The first-order valence-corrected chi connectivity index (χ1v) is 19.8. The number of allylic oxidation sites excluding steroid dienone is 1. The normalized spacial score (nSPS) is 13.3. The van der Waals surface area contributed by atoms with Gasteiger partial charge >= 0.3 is 0 Å². The summed E-state index contributed by atoms with van der Waals surface area (Å²) in [5.41, 5.74) is 10.4. The second kappa shape index (κ2) is 15.4. The number of nitrogens with one attached hydrogen (secondary N) is 3. The van der Waals surface area contributed by atoms with Gasteiger partial charge in [0, 0.05) is 22.3 Å². The van der Waals surface area contributed by atoms with Crippen molar-refractivity contribution in [2.24, 2.45) is 4.99 Å². The molecule has 1 aliphatic heterocycles. The second-order valence-corrected chi connectivity index (χ2v) is 14.6. The fourth-order valence-corrected chi connectivity index (χ4v) is 7.72. The van der Waals surface area contributed by atoms with Crippen LogP contribution < -0.4 is 10.6 Å². The number of para-hydroxylation sites is 4. The molecule has 61 heavy (non-hydrogen) atoms. The number of hydrogen-bond donors (Lipinski definition) is 3. The van der Waals surface area contributed by atoms with E-state index < -0.39 is 0 Å². The lowest BCUT2D eigenvalue weighted by Gasteiger charge is -2.10. The van der Waals surface area contributed by atoms with E-state index in [1.165, 1.54) is 0 Å². The van der Waals surface area contributed by atoms with Crippen LogP contribution in [0.15, 0.2) is 177 Å². The number of carbonyl (C=O) groups is 2. The van der Waals surface area contributed by atoms with Crippen molar-refractivity contribution in [1.29, 1.82) is 0 Å². The van der Waals surface area contributed by atoms with E-state index in [-0.39, 0.29) is 17.6 Å². The number of benzene rings is 6. The van der Waals surface area contributed by atoms with Crippen LogP contribution in [-0.2, 0) is 0 Å². The molecule has 2 amide bonds. The van der Waals surface area contributed by atoms with Gasteiger partial charge in [-0.05, 0) is 78.6 Å². The molecule has 0 aliphatic carbocycles. The largest absolute Gasteiger partial charge is 0.436 e. The lowest BCUT2D eigenvalue weighted by Crippen LogP contribution is -2.31. The van der Waals surface area contributed by atoms with Crippen molar-refractivity contribution >= 4 is 62.9 Å². The molecular formula is C51H36N6O4. The van der Waals surface area contributed by atoms with Crippen molar-refractivity contribution in [2.45, 2.75) is 13.8 Å². The molecule has 9 aromatic rings. The zero-order valence-corrected chi connectivity index (χ0v) is 33.1. The first kappa shape index (κ1) is 36.9. The maximum atomic E-state index is 14.1. The predicted molar refractivity (Wildman–Crippen MR) is 240 cm³/mol. The molecule has 4 heterocycles. The molecular weight excluding hydrogens is 761 g/mol. The first-order valence-electron chi connectivity index (χ1n) is 19.8. The van der Waals surface area contributed by atoms with Gasteiger partial charge in [-0.15, -0.1) is 0 Å². The Morgan fingerprint density at radius 3 is 1.66 bits per heavy atom. The van der Waals surface area contributed by atoms with Crippen LogP contribution in [0.1, 0.15) is 49.0 Å². The SMILES string of the molecule is Cc1ccccc1C(=O)NC1=NC(=Cc2[nH]c(NC(=O)c3ccccc3C)c(-c3nc4ccccc4o3)c2-c2ccccc2)C(c2ccccc2)=C1c1nc2ccccc2o1. The summed E-state index contributed by atoms with van der Waals surface area (Å²) in [6, 6.07) is 49.5. The number of amidine groups is 1. The lowest BCUT2D eigenvalue weighted by atomic mass is 9.96.